The third-order valence-electron chi connectivity index (χ3n) is 6.69. The van der Waals surface area contributed by atoms with Crippen molar-refractivity contribution >= 4 is 16.9 Å². The first-order chi connectivity index (χ1) is 17.3. The van der Waals surface area contributed by atoms with E-state index in [0.29, 0.717) is 46.6 Å². The Morgan fingerprint density at radius 3 is 2.36 bits per heavy atom. The Morgan fingerprint density at radius 2 is 1.67 bits per heavy atom. The van der Waals surface area contributed by atoms with Crippen molar-refractivity contribution in [1.82, 2.24) is 4.90 Å². The summed E-state index contributed by atoms with van der Waals surface area (Å²) in [5.41, 5.74) is 3.75. The largest absolute Gasteiger partial charge is 0.493 e. The third kappa shape index (κ3) is 3.90. The SMILES string of the molecule is COc1ccc(CCN2C(=O)c3oc4cc(C)cc(C)c4c(=O)c3[C@@H]2c2ccc(F)cc2)cc1OC. The van der Waals surface area contributed by atoms with E-state index >= 15 is 0 Å². The van der Waals surface area contributed by atoms with E-state index in [2.05, 4.69) is 0 Å². The minimum Gasteiger partial charge on any atom is -0.493 e. The quantitative estimate of drug-likeness (QED) is 0.367. The lowest BCUT2D eigenvalue weighted by Gasteiger charge is -2.25. The van der Waals surface area contributed by atoms with Gasteiger partial charge in [-0.25, -0.2) is 4.39 Å². The fourth-order valence-corrected chi connectivity index (χ4v) is 5.02. The molecule has 3 aromatic carbocycles. The number of benzene rings is 3. The molecule has 6 nitrogen and oxygen atoms in total. The van der Waals surface area contributed by atoms with Crippen LogP contribution in [0.3, 0.4) is 0 Å². The number of carbonyl (C=O) groups excluding carboxylic acids is 1. The molecular weight excluding hydrogens is 461 g/mol. The van der Waals surface area contributed by atoms with E-state index in [1.807, 2.05) is 38.1 Å². The van der Waals surface area contributed by atoms with Crippen molar-refractivity contribution in [3.8, 4) is 11.5 Å². The highest BCUT2D eigenvalue weighted by molar-refractivity contribution is 5.99. The minimum absolute atomic E-state index is 0.0409. The maximum atomic E-state index is 13.8. The average molecular weight is 488 g/mol. The number of fused-ring (bicyclic) bond motifs is 2. The molecule has 0 bridgehead atoms. The smallest absolute Gasteiger partial charge is 0.290 e. The molecule has 5 rings (SSSR count). The van der Waals surface area contributed by atoms with Crippen molar-refractivity contribution in [1.29, 1.82) is 0 Å². The predicted octanol–water partition coefficient (Wildman–Crippen LogP) is 5.35. The third-order valence-corrected chi connectivity index (χ3v) is 6.69. The van der Waals surface area contributed by atoms with Gasteiger partial charge in [0.2, 0.25) is 5.76 Å². The van der Waals surface area contributed by atoms with Crippen LogP contribution in [0.1, 0.15) is 44.4 Å². The first kappa shape index (κ1) is 23.6. The van der Waals surface area contributed by atoms with Gasteiger partial charge in [0, 0.05) is 6.54 Å². The number of carbonyl (C=O) groups is 1. The van der Waals surface area contributed by atoms with Crippen molar-refractivity contribution in [2.24, 2.45) is 0 Å². The first-order valence-electron chi connectivity index (χ1n) is 11.7. The number of nitrogens with zero attached hydrogens (tertiary/aromatic N) is 1. The maximum Gasteiger partial charge on any atom is 0.290 e. The van der Waals surface area contributed by atoms with Crippen LogP contribution in [0, 0.1) is 19.7 Å². The Kier molecular flexibility index (Phi) is 6.00. The molecule has 0 unspecified atom stereocenters. The predicted molar refractivity (Wildman–Crippen MR) is 134 cm³/mol. The summed E-state index contributed by atoms with van der Waals surface area (Å²) in [6, 6.07) is 14.5. The molecule has 1 amide bonds. The van der Waals surface area contributed by atoms with Crippen LogP contribution in [0.4, 0.5) is 4.39 Å². The molecule has 1 atom stereocenters. The van der Waals surface area contributed by atoms with Gasteiger partial charge in [0.15, 0.2) is 16.9 Å². The number of methoxy groups -OCH3 is 2. The molecule has 0 radical (unpaired) electrons. The molecule has 0 aliphatic carbocycles. The first-order valence-corrected chi connectivity index (χ1v) is 11.7. The summed E-state index contributed by atoms with van der Waals surface area (Å²) in [7, 11) is 3.14. The molecule has 0 fully saturated rings. The van der Waals surface area contributed by atoms with Gasteiger partial charge in [-0.05, 0) is 72.9 Å². The van der Waals surface area contributed by atoms with Crippen molar-refractivity contribution < 1.29 is 23.1 Å². The van der Waals surface area contributed by atoms with Crippen LogP contribution < -0.4 is 14.9 Å². The zero-order valence-electron chi connectivity index (χ0n) is 20.6. The Balaban J connectivity index is 1.61. The minimum atomic E-state index is -0.686. The Morgan fingerprint density at radius 1 is 0.944 bits per heavy atom. The lowest BCUT2D eigenvalue weighted by molar-refractivity contribution is 0.0730. The topological polar surface area (TPSA) is 69.0 Å². The summed E-state index contributed by atoms with van der Waals surface area (Å²) in [5, 5.41) is 0.459. The summed E-state index contributed by atoms with van der Waals surface area (Å²) < 4.78 is 30.5. The Hall–Kier alpha value is -4.13. The summed E-state index contributed by atoms with van der Waals surface area (Å²) in [5.74, 6) is 0.492. The van der Waals surface area contributed by atoms with Crippen molar-refractivity contribution in [3.05, 3.63) is 104 Å². The summed E-state index contributed by atoms with van der Waals surface area (Å²) >= 11 is 0. The standard InChI is InChI=1S/C29H26FNO5/c1-16-13-17(2)24-23(14-16)36-28-25(27(24)32)26(19-6-8-20(30)9-7-19)31(29(28)33)12-11-18-5-10-21(34-3)22(15-18)35-4/h5-10,13-15,26H,11-12H2,1-4H3/t26-/m0/s1. The molecule has 184 valence electrons. The number of rotatable bonds is 6. The summed E-state index contributed by atoms with van der Waals surface area (Å²) in [6.07, 6.45) is 0.504. The highest BCUT2D eigenvalue weighted by atomic mass is 19.1. The normalized spacial score (nSPS) is 14.9. The summed E-state index contributed by atoms with van der Waals surface area (Å²) in [6.45, 7) is 4.09. The van der Waals surface area contributed by atoms with Crippen LogP contribution >= 0.6 is 0 Å². The van der Waals surface area contributed by atoms with Crippen molar-refractivity contribution in [2.45, 2.75) is 26.3 Å². The number of hydrogen-bond acceptors (Lipinski definition) is 5. The number of halogens is 1. The van der Waals surface area contributed by atoms with E-state index < -0.39 is 11.9 Å². The van der Waals surface area contributed by atoms with Gasteiger partial charge in [0.25, 0.3) is 5.91 Å². The van der Waals surface area contributed by atoms with Crippen LogP contribution in [0.2, 0.25) is 0 Å². The van der Waals surface area contributed by atoms with E-state index in [9.17, 15) is 14.0 Å². The van der Waals surface area contributed by atoms with Crippen LogP contribution in [-0.4, -0.2) is 31.6 Å². The molecule has 4 aromatic rings. The Labute approximate surface area is 207 Å². The van der Waals surface area contributed by atoms with Crippen LogP contribution in [0.25, 0.3) is 11.0 Å². The van der Waals surface area contributed by atoms with Crippen LogP contribution in [-0.2, 0) is 6.42 Å². The summed E-state index contributed by atoms with van der Waals surface area (Å²) in [4.78, 5) is 29.0. The van der Waals surface area contributed by atoms with Gasteiger partial charge < -0.3 is 18.8 Å². The lowest BCUT2D eigenvalue weighted by Crippen LogP contribution is -2.31. The van der Waals surface area contributed by atoms with Gasteiger partial charge in [0.1, 0.15) is 11.4 Å². The van der Waals surface area contributed by atoms with Gasteiger partial charge >= 0.3 is 0 Å². The molecule has 0 N–H and O–H groups in total. The number of ether oxygens (including phenoxy) is 2. The van der Waals surface area contributed by atoms with E-state index in [4.69, 9.17) is 13.9 Å². The molecule has 1 aliphatic heterocycles. The maximum absolute atomic E-state index is 13.8. The molecule has 0 spiro atoms. The average Bonchev–Trinajstić information content (AvgIpc) is 3.14. The van der Waals surface area contributed by atoms with E-state index in [-0.39, 0.29) is 17.1 Å². The molecule has 1 aromatic heterocycles. The molecule has 2 heterocycles. The molecule has 0 saturated carbocycles. The van der Waals surface area contributed by atoms with Gasteiger partial charge in [0.05, 0.1) is 31.2 Å². The molecule has 7 heteroatoms. The molecule has 36 heavy (non-hydrogen) atoms. The number of amides is 1. The molecule has 1 aliphatic rings. The van der Waals surface area contributed by atoms with Crippen LogP contribution in [0.5, 0.6) is 11.5 Å². The van der Waals surface area contributed by atoms with E-state index in [1.54, 1.807) is 37.3 Å². The van der Waals surface area contributed by atoms with E-state index in [1.165, 1.54) is 12.1 Å². The highest BCUT2D eigenvalue weighted by Gasteiger charge is 2.42. The lowest BCUT2D eigenvalue weighted by atomic mass is 9.96. The monoisotopic (exact) mass is 487 g/mol. The number of aryl methyl sites for hydroxylation is 2. The number of hydrogen-bond donors (Lipinski definition) is 0. The highest BCUT2D eigenvalue weighted by Crippen LogP contribution is 2.39. The second-order valence-corrected chi connectivity index (χ2v) is 9.02. The Bertz CT molecular complexity index is 1540. The molecular formula is C29H26FNO5. The van der Waals surface area contributed by atoms with Gasteiger partial charge in [-0.3, -0.25) is 9.59 Å². The van der Waals surface area contributed by atoms with E-state index in [0.717, 1.165) is 16.7 Å². The fraction of sp³-hybridized carbons (Fsp3) is 0.241. The zero-order valence-corrected chi connectivity index (χ0v) is 20.6. The zero-order chi connectivity index (χ0) is 25.6. The van der Waals surface area contributed by atoms with Gasteiger partial charge in [-0.15, -0.1) is 0 Å². The second-order valence-electron chi connectivity index (χ2n) is 9.02. The fourth-order valence-electron chi connectivity index (χ4n) is 5.02. The van der Waals surface area contributed by atoms with Crippen LogP contribution in [0.15, 0.2) is 63.8 Å². The van der Waals surface area contributed by atoms with Gasteiger partial charge in [-0.2, -0.15) is 0 Å². The van der Waals surface area contributed by atoms with Crippen molar-refractivity contribution in [2.75, 3.05) is 20.8 Å². The van der Waals surface area contributed by atoms with Crippen molar-refractivity contribution in [3.63, 3.8) is 0 Å². The molecule has 0 saturated heterocycles. The second kappa shape index (κ2) is 9.15. The van der Waals surface area contributed by atoms with Gasteiger partial charge in [-0.1, -0.05) is 24.3 Å².